The fraction of sp³-hybridized carbons (Fsp3) is 0.231. The van der Waals surface area contributed by atoms with Crippen LogP contribution in [0.15, 0.2) is 34.9 Å². The van der Waals surface area contributed by atoms with E-state index in [1.165, 1.54) is 6.07 Å². The first-order valence-electron chi connectivity index (χ1n) is 5.70. The van der Waals surface area contributed by atoms with Gasteiger partial charge in [-0.1, -0.05) is 28.9 Å². The molecule has 0 aliphatic rings. The molecule has 0 bridgehead atoms. The van der Waals surface area contributed by atoms with Crippen molar-refractivity contribution in [2.45, 2.75) is 13.5 Å². The second kappa shape index (κ2) is 6.24. The van der Waals surface area contributed by atoms with Crippen molar-refractivity contribution in [2.75, 3.05) is 6.61 Å². The van der Waals surface area contributed by atoms with Gasteiger partial charge in [0.1, 0.15) is 12.4 Å². The van der Waals surface area contributed by atoms with Crippen LogP contribution in [0, 0.1) is 0 Å². The standard InChI is InChI=1S/C13H12ClNO4/c1-2-17-13(16)11-7-9(19-15-11)8-18-12-6-4-3-5-10(12)14/h3-7H,2,8H2,1H3. The van der Waals surface area contributed by atoms with E-state index in [-0.39, 0.29) is 18.9 Å². The molecule has 0 fully saturated rings. The predicted molar refractivity (Wildman–Crippen MR) is 68.2 cm³/mol. The van der Waals surface area contributed by atoms with Gasteiger partial charge in [-0.05, 0) is 19.1 Å². The molecule has 1 aromatic heterocycles. The van der Waals surface area contributed by atoms with Gasteiger partial charge in [0.2, 0.25) is 0 Å². The number of aromatic nitrogens is 1. The SMILES string of the molecule is CCOC(=O)c1cc(COc2ccccc2Cl)on1. The normalized spacial score (nSPS) is 10.2. The third-order valence-electron chi connectivity index (χ3n) is 2.25. The van der Waals surface area contributed by atoms with E-state index in [2.05, 4.69) is 5.16 Å². The minimum Gasteiger partial charge on any atom is -0.484 e. The molecule has 2 rings (SSSR count). The molecule has 19 heavy (non-hydrogen) atoms. The maximum Gasteiger partial charge on any atom is 0.360 e. The summed E-state index contributed by atoms with van der Waals surface area (Å²) in [5, 5.41) is 4.11. The van der Waals surface area contributed by atoms with Gasteiger partial charge in [0.15, 0.2) is 11.5 Å². The number of nitrogens with zero attached hydrogens (tertiary/aromatic N) is 1. The van der Waals surface area contributed by atoms with Gasteiger partial charge >= 0.3 is 5.97 Å². The van der Waals surface area contributed by atoms with Gasteiger partial charge in [-0.25, -0.2) is 4.79 Å². The third-order valence-corrected chi connectivity index (χ3v) is 2.56. The quantitative estimate of drug-likeness (QED) is 0.788. The van der Waals surface area contributed by atoms with Crippen molar-refractivity contribution >= 4 is 17.6 Å². The predicted octanol–water partition coefficient (Wildman–Crippen LogP) is 3.08. The van der Waals surface area contributed by atoms with E-state index in [1.807, 2.05) is 12.1 Å². The van der Waals surface area contributed by atoms with Crippen LogP contribution in [-0.4, -0.2) is 17.7 Å². The molecule has 0 N–H and O–H groups in total. The lowest BCUT2D eigenvalue weighted by molar-refractivity contribution is 0.0514. The number of halogens is 1. The molecule has 1 aromatic carbocycles. The fourth-order valence-electron chi connectivity index (χ4n) is 1.39. The number of hydrogen-bond acceptors (Lipinski definition) is 5. The van der Waals surface area contributed by atoms with Gasteiger partial charge in [0.05, 0.1) is 11.6 Å². The molecule has 0 spiro atoms. The summed E-state index contributed by atoms with van der Waals surface area (Å²) in [6.07, 6.45) is 0. The Morgan fingerprint density at radius 2 is 2.21 bits per heavy atom. The number of para-hydroxylation sites is 1. The molecular weight excluding hydrogens is 270 g/mol. The van der Waals surface area contributed by atoms with Gasteiger partial charge < -0.3 is 14.0 Å². The summed E-state index contributed by atoms with van der Waals surface area (Å²) in [5.74, 6) is 0.441. The molecule has 0 saturated heterocycles. The zero-order valence-corrected chi connectivity index (χ0v) is 11.0. The molecule has 5 nitrogen and oxygen atoms in total. The maximum atomic E-state index is 11.4. The van der Waals surface area contributed by atoms with Crippen molar-refractivity contribution in [3.8, 4) is 5.75 Å². The summed E-state index contributed by atoms with van der Waals surface area (Å²) in [4.78, 5) is 11.4. The van der Waals surface area contributed by atoms with Crippen molar-refractivity contribution in [1.82, 2.24) is 5.16 Å². The Labute approximate surface area is 115 Å². The highest BCUT2D eigenvalue weighted by atomic mass is 35.5. The zero-order chi connectivity index (χ0) is 13.7. The van der Waals surface area contributed by atoms with Crippen LogP contribution in [0.1, 0.15) is 23.2 Å². The molecule has 0 radical (unpaired) electrons. The molecule has 6 heteroatoms. The van der Waals surface area contributed by atoms with E-state index >= 15 is 0 Å². The van der Waals surface area contributed by atoms with Gasteiger partial charge in [-0.15, -0.1) is 0 Å². The second-order valence-electron chi connectivity index (χ2n) is 3.62. The summed E-state index contributed by atoms with van der Waals surface area (Å²) in [6, 6.07) is 8.56. The summed E-state index contributed by atoms with van der Waals surface area (Å²) in [7, 11) is 0. The molecule has 0 saturated carbocycles. The highest BCUT2D eigenvalue weighted by Crippen LogP contribution is 2.24. The van der Waals surface area contributed by atoms with E-state index in [9.17, 15) is 4.79 Å². The number of esters is 1. The van der Waals surface area contributed by atoms with E-state index in [0.29, 0.717) is 16.5 Å². The lowest BCUT2D eigenvalue weighted by atomic mass is 10.3. The summed E-state index contributed by atoms with van der Waals surface area (Å²) >= 11 is 5.94. The number of benzene rings is 1. The molecule has 1 heterocycles. The second-order valence-corrected chi connectivity index (χ2v) is 4.03. The maximum absolute atomic E-state index is 11.4. The molecule has 0 unspecified atom stereocenters. The minimum absolute atomic E-state index is 0.125. The minimum atomic E-state index is -0.518. The number of carbonyl (C=O) groups is 1. The van der Waals surface area contributed by atoms with Gasteiger partial charge in [-0.3, -0.25) is 0 Å². The van der Waals surface area contributed by atoms with E-state index in [0.717, 1.165) is 0 Å². The van der Waals surface area contributed by atoms with Crippen LogP contribution in [0.4, 0.5) is 0 Å². The Balaban J connectivity index is 1.97. The molecule has 0 aliphatic heterocycles. The van der Waals surface area contributed by atoms with E-state index in [1.54, 1.807) is 19.1 Å². The lowest BCUT2D eigenvalue weighted by Crippen LogP contribution is -2.04. The average molecular weight is 282 g/mol. The van der Waals surface area contributed by atoms with E-state index in [4.69, 9.17) is 25.6 Å². The monoisotopic (exact) mass is 281 g/mol. The zero-order valence-electron chi connectivity index (χ0n) is 10.3. The fourth-order valence-corrected chi connectivity index (χ4v) is 1.58. The van der Waals surface area contributed by atoms with Crippen molar-refractivity contribution in [1.29, 1.82) is 0 Å². The number of rotatable bonds is 5. The Bertz CT molecular complexity index is 567. The van der Waals surface area contributed by atoms with Crippen LogP contribution in [-0.2, 0) is 11.3 Å². The van der Waals surface area contributed by atoms with Gasteiger partial charge in [0.25, 0.3) is 0 Å². The largest absolute Gasteiger partial charge is 0.484 e. The molecule has 0 atom stereocenters. The van der Waals surface area contributed by atoms with E-state index < -0.39 is 5.97 Å². The number of ether oxygens (including phenoxy) is 2. The Morgan fingerprint density at radius 3 is 2.95 bits per heavy atom. The number of carbonyl (C=O) groups excluding carboxylic acids is 1. The highest BCUT2D eigenvalue weighted by molar-refractivity contribution is 6.32. The lowest BCUT2D eigenvalue weighted by Gasteiger charge is -2.04. The highest BCUT2D eigenvalue weighted by Gasteiger charge is 2.13. The summed E-state index contributed by atoms with van der Waals surface area (Å²) in [5.41, 5.74) is 0.125. The van der Waals surface area contributed by atoms with Crippen LogP contribution >= 0.6 is 11.6 Å². The topological polar surface area (TPSA) is 61.6 Å². The molecule has 0 aliphatic carbocycles. The van der Waals surface area contributed by atoms with Crippen LogP contribution in [0.5, 0.6) is 5.75 Å². The molecule has 2 aromatic rings. The number of hydrogen-bond donors (Lipinski definition) is 0. The first kappa shape index (κ1) is 13.4. The Hall–Kier alpha value is -2.01. The molecule has 0 amide bonds. The molecule has 100 valence electrons. The average Bonchev–Trinajstić information content (AvgIpc) is 2.87. The first-order chi connectivity index (χ1) is 9.20. The smallest absolute Gasteiger partial charge is 0.360 e. The Kier molecular flexibility index (Phi) is 4.41. The molecular formula is C13H12ClNO4. The van der Waals surface area contributed by atoms with Crippen LogP contribution in [0.3, 0.4) is 0 Å². The van der Waals surface area contributed by atoms with Crippen LogP contribution < -0.4 is 4.74 Å². The van der Waals surface area contributed by atoms with Crippen molar-refractivity contribution in [3.05, 3.63) is 46.8 Å². The Morgan fingerprint density at radius 1 is 1.42 bits per heavy atom. The summed E-state index contributed by atoms with van der Waals surface area (Å²) in [6.45, 7) is 2.15. The van der Waals surface area contributed by atoms with Crippen molar-refractivity contribution in [2.24, 2.45) is 0 Å². The van der Waals surface area contributed by atoms with Gasteiger partial charge in [-0.2, -0.15) is 0 Å². The summed E-state index contributed by atoms with van der Waals surface area (Å²) < 4.78 is 15.2. The van der Waals surface area contributed by atoms with Gasteiger partial charge in [0, 0.05) is 6.07 Å². The third kappa shape index (κ3) is 3.48. The van der Waals surface area contributed by atoms with Crippen LogP contribution in [0.25, 0.3) is 0 Å². The first-order valence-corrected chi connectivity index (χ1v) is 6.08. The van der Waals surface area contributed by atoms with Crippen LogP contribution in [0.2, 0.25) is 5.02 Å². The van der Waals surface area contributed by atoms with Crippen molar-refractivity contribution < 1.29 is 18.8 Å². The van der Waals surface area contributed by atoms with Crippen molar-refractivity contribution in [3.63, 3.8) is 0 Å².